The summed E-state index contributed by atoms with van der Waals surface area (Å²) in [5, 5.41) is 3.95. The Morgan fingerprint density at radius 3 is 2.67 bits per heavy atom. The van der Waals surface area contributed by atoms with Crippen molar-refractivity contribution in [1.29, 1.82) is 0 Å². The van der Waals surface area contributed by atoms with E-state index in [1.165, 1.54) is 0 Å². The van der Waals surface area contributed by atoms with Gasteiger partial charge in [0.2, 0.25) is 11.7 Å². The van der Waals surface area contributed by atoms with E-state index in [9.17, 15) is 0 Å². The maximum Gasteiger partial charge on any atom is 0.234 e. The molecule has 0 atom stereocenters. The van der Waals surface area contributed by atoms with Gasteiger partial charge < -0.3 is 15.0 Å². The third-order valence-electron chi connectivity index (χ3n) is 3.17. The minimum atomic E-state index is -0.508. The number of nitrogens with zero attached hydrogens (tertiary/aromatic N) is 2. The van der Waals surface area contributed by atoms with Crippen molar-refractivity contribution in [2.45, 2.75) is 37.7 Å². The molecular formula is C10H17N3O2. The molecule has 0 saturated heterocycles. The molecule has 1 saturated carbocycles. The highest BCUT2D eigenvalue weighted by Crippen LogP contribution is 2.46. The van der Waals surface area contributed by atoms with Crippen LogP contribution in [-0.4, -0.2) is 23.8 Å². The molecule has 15 heavy (non-hydrogen) atoms. The first kappa shape index (κ1) is 10.6. The lowest BCUT2D eigenvalue weighted by Crippen LogP contribution is -2.23. The maximum atomic E-state index is 5.69. The Hall–Kier alpha value is -0.940. The lowest BCUT2D eigenvalue weighted by atomic mass is 10.1. The predicted octanol–water partition coefficient (Wildman–Crippen LogP) is 0.941. The third kappa shape index (κ3) is 1.66. The fourth-order valence-corrected chi connectivity index (χ4v) is 1.43. The van der Waals surface area contributed by atoms with E-state index in [-0.39, 0.29) is 5.41 Å². The Bertz CT molecular complexity index is 335. The quantitative estimate of drug-likeness (QED) is 0.802. The molecule has 0 radical (unpaired) electrons. The van der Waals surface area contributed by atoms with Crippen LogP contribution in [0, 0.1) is 0 Å². The standard InChI is InChI=1S/C10H17N3O2/c1-9(2,14-3)7-12-8(15-13-7)10(6-11)4-5-10/h4-6,11H2,1-3H3. The molecule has 0 aromatic carbocycles. The normalized spacial score (nSPS) is 19.2. The monoisotopic (exact) mass is 211 g/mol. The van der Waals surface area contributed by atoms with Gasteiger partial charge in [-0.15, -0.1) is 0 Å². The highest BCUT2D eigenvalue weighted by molar-refractivity contribution is 5.17. The van der Waals surface area contributed by atoms with Crippen LogP contribution in [0.2, 0.25) is 0 Å². The van der Waals surface area contributed by atoms with Crippen molar-refractivity contribution in [3.05, 3.63) is 11.7 Å². The van der Waals surface area contributed by atoms with Crippen LogP contribution in [0.4, 0.5) is 0 Å². The molecule has 5 nitrogen and oxygen atoms in total. The molecular weight excluding hydrogens is 194 g/mol. The van der Waals surface area contributed by atoms with E-state index in [0.717, 1.165) is 12.8 Å². The molecule has 1 aliphatic carbocycles. The van der Waals surface area contributed by atoms with E-state index < -0.39 is 5.60 Å². The number of nitrogens with two attached hydrogens (primary N) is 1. The first-order valence-electron chi connectivity index (χ1n) is 5.14. The molecule has 1 aromatic rings. The summed E-state index contributed by atoms with van der Waals surface area (Å²) in [6, 6.07) is 0. The van der Waals surface area contributed by atoms with Gasteiger partial charge in [-0.2, -0.15) is 4.98 Å². The second kappa shape index (κ2) is 3.28. The fourth-order valence-electron chi connectivity index (χ4n) is 1.43. The summed E-state index contributed by atoms with van der Waals surface area (Å²) in [5.41, 5.74) is 5.14. The van der Waals surface area contributed by atoms with E-state index in [1.807, 2.05) is 13.8 Å². The van der Waals surface area contributed by atoms with Gasteiger partial charge in [0.1, 0.15) is 5.60 Å². The van der Waals surface area contributed by atoms with Gasteiger partial charge in [-0.1, -0.05) is 5.16 Å². The molecule has 84 valence electrons. The topological polar surface area (TPSA) is 74.2 Å². The van der Waals surface area contributed by atoms with Crippen molar-refractivity contribution in [2.75, 3.05) is 13.7 Å². The van der Waals surface area contributed by atoms with Crippen LogP contribution in [0.5, 0.6) is 0 Å². The smallest absolute Gasteiger partial charge is 0.234 e. The van der Waals surface area contributed by atoms with Crippen LogP contribution in [0.15, 0.2) is 4.52 Å². The second-order valence-corrected chi connectivity index (χ2v) is 4.62. The van der Waals surface area contributed by atoms with Crippen LogP contribution in [0.3, 0.4) is 0 Å². The van der Waals surface area contributed by atoms with E-state index >= 15 is 0 Å². The summed E-state index contributed by atoms with van der Waals surface area (Å²) < 4.78 is 10.5. The Morgan fingerprint density at radius 2 is 2.20 bits per heavy atom. The van der Waals surface area contributed by atoms with Crippen molar-refractivity contribution in [1.82, 2.24) is 10.1 Å². The van der Waals surface area contributed by atoms with Gasteiger partial charge in [-0.05, 0) is 26.7 Å². The largest absolute Gasteiger partial charge is 0.371 e. The average molecular weight is 211 g/mol. The third-order valence-corrected chi connectivity index (χ3v) is 3.17. The Morgan fingerprint density at radius 1 is 1.53 bits per heavy atom. The summed E-state index contributed by atoms with van der Waals surface area (Å²) >= 11 is 0. The molecule has 1 aliphatic rings. The first-order chi connectivity index (χ1) is 7.04. The van der Waals surface area contributed by atoms with E-state index in [0.29, 0.717) is 18.3 Å². The van der Waals surface area contributed by atoms with Crippen molar-refractivity contribution in [3.8, 4) is 0 Å². The van der Waals surface area contributed by atoms with Gasteiger partial charge in [0.25, 0.3) is 0 Å². The molecule has 0 unspecified atom stereocenters. The minimum absolute atomic E-state index is 0.0466. The van der Waals surface area contributed by atoms with Crippen LogP contribution >= 0.6 is 0 Å². The number of hydrogen-bond acceptors (Lipinski definition) is 5. The van der Waals surface area contributed by atoms with Gasteiger partial charge >= 0.3 is 0 Å². The lowest BCUT2D eigenvalue weighted by Gasteiger charge is -2.17. The molecule has 5 heteroatoms. The van der Waals surface area contributed by atoms with Gasteiger partial charge in [-0.25, -0.2) is 0 Å². The Kier molecular flexibility index (Phi) is 2.31. The predicted molar refractivity (Wildman–Crippen MR) is 54.3 cm³/mol. The summed E-state index contributed by atoms with van der Waals surface area (Å²) in [6.07, 6.45) is 2.08. The first-order valence-corrected chi connectivity index (χ1v) is 5.14. The van der Waals surface area contributed by atoms with Crippen molar-refractivity contribution < 1.29 is 9.26 Å². The average Bonchev–Trinajstić information content (AvgIpc) is 2.87. The van der Waals surface area contributed by atoms with Crippen molar-refractivity contribution in [3.63, 3.8) is 0 Å². The minimum Gasteiger partial charge on any atom is -0.371 e. The Balaban J connectivity index is 2.25. The molecule has 1 heterocycles. The molecule has 2 rings (SSSR count). The highest BCUT2D eigenvalue weighted by Gasteiger charge is 2.48. The molecule has 2 N–H and O–H groups in total. The van der Waals surface area contributed by atoms with Crippen LogP contribution in [0.1, 0.15) is 38.4 Å². The van der Waals surface area contributed by atoms with Gasteiger partial charge in [0.05, 0.1) is 5.41 Å². The van der Waals surface area contributed by atoms with Gasteiger partial charge in [0.15, 0.2) is 0 Å². The fraction of sp³-hybridized carbons (Fsp3) is 0.800. The van der Waals surface area contributed by atoms with Crippen molar-refractivity contribution in [2.24, 2.45) is 5.73 Å². The summed E-state index contributed by atoms with van der Waals surface area (Å²) in [7, 11) is 1.63. The lowest BCUT2D eigenvalue weighted by molar-refractivity contribution is 0.00973. The van der Waals surface area contributed by atoms with Crippen LogP contribution < -0.4 is 5.73 Å². The van der Waals surface area contributed by atoms with Crippen LogP contribution in [-0.2, 0) is 15.8 Å². The molecule has 0 bridgehead atoms. The molecule has 1 fully saturated rings. The molecule has 1 aromatic heterocycles. The van der Waals surface area contributed by atoms with E-state index in [2.05, 4.69) is 10.1 Å². The SMILES string of the molecule is COC(C)(C)c1noc(C2(CN)CC2)n1. The van der Waals surface area contributed by atoms with E-state index in [1.54, 1.807) is 7.11 Å². The number of aromatic nitrogens is 2. The molecule has 0 spiro atoms. The number of hydrogen-bond donors (Lipinski definition) is 1. The Labute approximate surface area is 89.0 Å². The van der Waals surface area contributed by atoms with Gasteiger partial charge in [0, 0.05) is 13.7 Å². The number of methoxy groups -OCH3 is 1. The van der Waals surface area contributed by atoms with Crippen molar-refractivity contribution >= 4 is 0 Å². The number of ether oxygens (including phenoxy) is 1. The zero-order valence-corrected chi connectivity index (χ0v) is 9.41. The van der Waals surface area contributed by atoms with E-state index in [4.69, 9.17) is 15.0 Å². The number of rotatable bonds is 4. The zero-order chi connectivity index (χ0) is 11.1. The molecule has 0 aliphatic heterocycles. The van der Waals surface area contributed by atoms with Gasteiger partial charge in [-0.3, -0.25) is 0 Å². The summed E-state index contributed by atoms with van der Waals surface area (Å²) in [5.74, 6) is 1.24. The summed E-state index contributed by atoms with van der Waals surface area (Å²) in [4.78, 5) is 4.38. The maximum absolute atomic E-state index is 5.69. The summed E-state index contributed by atoms with van der Waals surface area (Å²) in [6.45, 7) is 4.38. The molecule has 0 amide bonds. The van der Waals surface area contributed by atoms with Crippen LogP contribution in [0.25, 0.3) is 0 Å². The second-order valence-electron chi connectivity index (χ2n) is 4.62. The zero-order valence-electron chi connectivity index (χ0n) is 9.41. The highest BCUT2D eigenvalue weighted by atomic mass is 16.5.